The van der Waals surface area contributed by atoms with Crippen LogP contribution in [0.5, 0.6) is 0 Å². The van der Waals surface area contributed by atoms with Crippen LogP contribution < -0.4 is 0 Å². The van der Waals surface area contributed by atoms with E-state index in [2.05, 4.69) is 0 Å². The molecule has 1 rings (SSSR count). The molecule has 0 spiro atoms. The van der Waals surface area contributed by atoms with Crippen molar-refractivity contribution in [2.45, 2.75) is 27.2 Å². The lowest BCUT2D eigenvalue weighted by Crippen LogP contribution is -2.18. The average molecular weight is 345 g/mol. The third-order valence-electron chi connectivity index (χ3n) is 3.19. The number of hydrogen-bond acceptors (Lipinski definition) is 5. The van der Waals surface area contributed by atoms with Crippen molar-refractivity contribution in [1.29, 1.82) is 0 Å². The average Bonchev–Trinajstić information content (AvgIpc) is 2.52. The van der Waals surface area contributed by atoms with Crippen molar-refractivity contribution in [3.8, 4) is 0 Å². The predicted octanol–water partition coefficient (Wildman–Crippen LogP) is 3.40. The van der Waals surface area contributed by atoms with Gasteiger partial charge < -0.3 is 4.74 Å². The minimum absolute atomic E-state index is 0.0904. The molecule has 0 aliphatic rings. The van der Waals surface area contributed by atoms with Crippen LogP contribution in [0.3, 0.4) is 0 Å². The standard InChI is InChI=1S/C15H14F3NO5/c1-4-9(20)8(6-24-5-2)15(21)10-7(3)14(19(22)23)13(18)12(17)11(10)16/h6H,4-5H2,1-3H3/b8-6+. The Morgan fingerprint density at radius 1 is 1.17 bits per heavy atom. The maximum Gasteiger partial charge on any atom is 0.311 e. The van der Waals surface area contributed by atoms with Crippen LogP contribution in [0.2, 0.25) is 0 Å². The number of nitrogens with zero attached hydrogens (tertiary/aromatic N) is 1. The molecule has 24 heavy (non-hydrogen) atoms. The quantitative estimate of drug-likeness (QED) is 0.110. The molecule has 1 aromatic carbocycles. The molecule has 0 N–H and O–H groups in total. The number of carbonyl (C=O) groups excluding carboxylic acids is 2. The monoisotopic (exact) mass is 345 g/mol. The molecule has 0 aliphatic heterocycles. The second-order valence-electron chi connectivity index (χ2n) is 4.64. The summed E-state index contributed by atoms with van der Waals surface area (Å²) in [5.41, 5.74) is -3.76. The van der Waals surface area contributed by atoms with Gasteiger partial charge in [0.2, 0.25) is 17.4 Å². The molecule has 0 fully saturated rings. The van der Waals surface area contributed by atoms with Crippen LogP contribution in [0, 0.1) is 34.5 Å². The summed E-state index contributed by atoms with van der Waals surface area (Å²) in [5.74, 6) is -8.11. The zero-order valence-corrected chi connectivity index (χ0v) is 13.1. The molecule has 6 nitrogen and oxygen atoms in total. The molecule has 0 aliphatic carbocycles. The lowest BCUT2D eigenvalue weighted by molar-refractivity contribution is -0.388. The molecule has 0 bridgehead atoms. The summed E-state index contributed by atoms with van der Waals surface area (Å²) in [4.78, 5) is 33.8. The van der Waals surface area contributed by atoms with Crippen LogP contribution in [0.4, 0.5) is 18.9 Å². The van der Waals surface area contributed by atoms with Crippen LogP contribution in [0.25, 0.3) is 0 Å². The second kappa shape index (κ2) is 7.71. The number of halogens is 3. The van der Waals surface area contributed by atoms with Gasteiger partial charge in [0.25, 0.3) is 0 Å². The summed E-state index contributed by atoms with van der Waals surface area (Å²) in [6.07, 6.45) is 0.636. The van der Waals surface area contributed by atoms with Gasteiger partial charge in [-0.15, -0.1) is 0 Å². The van der Waals surface area contributed by atoms with E-state index in [9.17, 15) is 32.9 Å². The normalized spacial score (nSPS) is 11.3. The highest BCUT2D eigenvalue weighted by atomic mass is 19.2. The summed E-state index contributed by atoms with van der Waals surface area (Å²) in [5, 5.41) is 10.9. The van der Waals surface area contributed by atoms with E-state index in [-0.39, 0.29) is 13.0 Å². The van der Waals surface area contributed by atoms with Gasteiger partial charge in [0.15, 0.2) is 11.6 Å². The van der Waals surface area contributed by atoms with Gasteiger partial charge in [0.05, 0.1) is 23.4 Å². The number of hydrogen-bond donors (Lipinski definition) is 0. The highest BCUT2D eigenvalue weighted by molar-refractivity contribution is 6.26. The molecule has 1 aromatic rings. The molecule has 0 radical (unpaired) electrons. The maximum atomic E-state index is 14.0. The van der Waals surface area contributed by atoms with Gasteiger partial charge in [0.1, 0.15) is 5.57 Å². The van der Waals surface area contributed by atoms with E-state index in [0.717, 1.165) is 13.2 Å². The van der Waals surface area contributed by atoms with Crippen molar-refractivity contribution >= 4 is 17.3 Å². The maximum absolute atomic E-state index is 14.0. The minimum Gasteiger partial charge on any atom is -0.501 e. The Morgan fingerprint density at radius 3 is 2.21 bits per heavy atom. The third-order valence-corrected chi connectivity index (χ3v) is 3.19. The Balaban J connectivity index is 3.68. The summed E-state index contributed by atoms with van der Waals surface area (Å²) >= 11 is 0. The van der Waals surface area contributed by atoms with E-state index in [1.807, 2.05) is 0 Å². The Hall–Kier alpha value is -2.71. The number of ether oxygens (including phenoxy) is 1. The Kier molecular flexibility index (Phi) is 6.21. The van der Waals surface area contributed by atoms with Crippen LogP contribution in [-0.4, -0.2) is 23.1 Å². The predicted molar refractivity (Wildman–Crippen MR) is 77.0 cm³/mol. The van der Waals surface area contributed by atoms with Crippen molar-refractivity contribution in [2.24, 2.45) is 0 Å². The smallest absolute Gasteiger partial charge is 0.311 e. The van der Waals surface area contributed by atoms with Gasteiger partial charge in [0, 0.05) is 12.0 Å². The number of rotatable bonds is 7. The lowest BCUT2D eigenvalue weighted by Gasteiger charge is -2.11. The van der Waals surface area contributed by atoms with Crippen molar-refractivity contribution in [1.82, 2.24) is 0 Å². The number of nitro benzene ring substituents is 1. The SMILES string of the molecule is CCO/C=C(\C(=O)CC)C(=O)c1c(C)c([N+](=O)[O-])c(F)c(F)c1F. The van der Waals surface area contributed by atoms with Gasteiger partial charge >= 0.3 is 5.69 Å². The highest BCUT2D eigenvalue weighted by Crippen LogP contribution is 2.32. The van der Waals surface area contributed by atoms with Crippen LogP contribution in [0.1, 0.15) is 36.2 Å². The van der Waals surface area contributed by atoms with Crippen molar-refractivity contribution in [2.75, 3.05) is 6.61 Å². The van der Waals surface area contributed by atoms with Crippen LogP contribution in [0.15, 0.2) is 11.8 Å². The lowest BCUT2D eigenvalue weighted by atomic mass is 9.94. The minimum atomic E-state index is -2.16. The number of ketones is 2. The second-order valence-corrected chi connectivity index (χ2v) is 4.64. The molecular formula is C15H14F3NO5. The van der Waals surface area contributed by atoms with Gasteiger partial charge in [-0.25, -0.2) is 8.78 Å². The van der Waals surface area contributed by atoms with E-state index in [4.69, 9.17) is 4.74 Å². The van der Waals surface area contributed by atoms with Crippen molar-refractivity contribution in [3.05, 3.63) is 50.5 Å². The molecule has 0 aromatic heterocycles. The van der Waals surface area contributed by atoms with Crippen LogP contribution in [-0.2, 0) is 9.53 Å². The Morgan fingerprint density at radius 2 is 1.75 bits per heavy atom. The summed E-state index contributed by atoms with van der Waals surface area (Å²) in [6.45, 7) is 3.97. The molecule has 0 saturated carbocycles. The van der Waals surface area contributed by atoms with Crippen LogP contribution >= 0.6 is 0 Å². The van der Waals surface area contributed by atoms with Gasteiger partial charge in [-0.3, -0.25) is 19.7 Å². The van der Waals surface area contributed by atoms with E-state index in [1.165, 1.54) is 6.92 Å². The van der Waals surface area contributed by atoms with E-state index in [1.54, 1.807) is 6.92 Å². The summed E-state index contributed by atoms with van der Waals surface area (Å²) in [6, 6.07) is 0. The molecule has 9 heteroatoms. The fourth-order valence-corrected chi connectivity index (χ4v) is 1.98. The fourth-order valence-electron chi connectivity index (χ4n) is 1.98. The number of benzene rings is 1. The highest BCUT2D eigenvalue weighted by Gasteiger charge is 2.34. The molecular weight excluding hydrogens is 331 g/mol. The van der Waals surface area contributed by atoms with Gasteiger partial charge in [-0.1, -0.05) is 6.92 Å². The first-order valence-electron chi connectivity index (χ1n) is 6.89. The molecule has 0 unspecified atom stereocenters. The van der Waals surface area contributed by atoms with E-state index < -0.39 is 56.3 Å². The number of Topliss-reactive ketones (excluding diaryl/α,β-unsaturated/α-hetero) is 2. The Bertz CT molecular complexity index is 743. The van der Waals surface area contributed by atoms with Gasteiger partial charge in [-0.2, -0.15) is 4.39 Å². The number of carbonyl (C=O) groups is 2. The van der Waals surface area contributed by atoms with E-state index in [0.29, 0.717) is 0 Å². The molecule has 0 amide bonds. The first kappa shape index (κ1) is 19.3. The fraction of sp³-hybridized carbons (Fsp3) is 0.333. The third kappa shape index (κ3) is 3.44. The number of allylic oxidation sites excluding steroid dienone is 1. The molecule has 0 saturated heterocycles. The summed E-state index contributed by atoms with van der Waals surface area (Å²) in [7, 11) is 0. The molecule has 0 atom stereocenters. The zero-order chi connectivity index (χ0) is 18.6. The molecule has 130 valence electrons. The van der Waals surface area contributed by atoms with Gasteiger partial charge in [-0.05, 0) is 13.8 Å². The first-order chi connectivity index (χ1) is 11.2. The summed E-state index contributed by atoms with van der Waals surface area (Å²) < 4.78 is 46.1. The zero-order valence-electron chi connectivity index (χ0n) is 13.1. The van der Waals surface area contributed by atoms with Crippen molar-refractivity contribution < 1.29 is 32.4 Å². The van der Waals surface area contributed by atoms with Crippen molar-refractivity contribution in [3.63, 3.8) is 0 Å². The Labute approximate surface area is 135 Å². The number of nitro groups is 1. The first-order valence-corrected chi connectivity index (χ1v) is 6.89. The van der Waals surface area contributed by atoms with E-state index >= 15 is 0 Å². The largest absolute Gasteiger partial charge is 0.501 e. The molecule has 0 heterocycles. The topological polar surface area (TPSA) is 86.5 Å².